The van der Waals surface area contributed by atoms with Crippen molar-refractivity contribution in [3.8, 4) is 11.7 Å². The zero-order valence-electron chi connectivity index (χ0n) is 19.4. The highest BCUT2D eigenvalue weighted by atomic mass is 19.4. The van der Waals surface area contributed by atoms with E-state index in [0.717, 1.165) is 37.0 Å². The molecule has 35 heavy (non-hydrogen) atoms. The normalized spacial score (nSPS) is 15.0. The lowest BCUT2D eigenvalue weighted by molar-refractivity contribution is -0.143. The molecule has 4 rings (SSSR count). The van der Waals surface area contributed by atoms with Crippen LogP contribution in [0.2, 0.25) is 0 Å². The van der Waals surface area contributed by atoms with Gasteiger partial charge < -0.3 is 10.1 Å². The summed E-state index contributed by atoms with van der Waals surface area (Å²) in [5, 5.41) is 13.7. The molecular weight excluding hydrogens is 461 g/mol. The first kappa shape index (κ1) is 24.6. The summed E-state index contributed by atoms with van der Waals surface area (Å²) >= 11 is 0. The Morgan fingerprint density at radius 3 is 2.46 bits per heavy atom. The summed E-state index contributed by atoms with van der Waals surface area (Å²) < 4.78 is 47.1. The van der Waals surface area contributed by atoms with Crippen molar-refractivity contribution in [2.75, 3.05) is 20.2 Å². The largest absolute Gasteiger partial charge is 0.480 e. The van der Waals surface area contributed by atoms with Gasteiger partial charge in [0.25, 0.3) is 5.91 Å². The van der Waals surface area contributed by atoms with Crippen LogP contribution in [-0.4, -0.2) is 51.0 Å². The second kappa shape index (κ2) is 10.9. The number of halogens is 3. The van der Waals surface area contributed by atoms with Gasteiger partial charge in [0.1, 0.15) is 0 Å². The van der Waals surface area contributed by atoms with E-state index in [2.05, 4.69) is 25.5 Å². The fraction of sp³-hybridized carbons (Fsp3) is 0.417. The Balaban J connectivity index is 1.47. The lowest BCUT2D eigenvalue weighted by Gasteiger charge is -2.20. The zero-order valence-corrected chi connectivity index (χ0v) is 19.4. The molecule has 1 saturated heterocycles. The molecule has 3 aromatic rings. The number of benzene rings is 1. The Bertz CT molecular complexity index is 1140. The maximum Gasteiger partial charge on any atom is 0.434 e. The Kier molecular flexibility index (Phi) is 7.64. The monoisotopic (exact) mass is 488 g/mol. The molecule has 8 nitrogen and oxygen atoms in total. The molecule has 186 valence electrons. The fourth-order valence-corrected chi connectivity index (χ4v) is 4.16. The van der Waals surface area contributed by atoms with Gasteiger partial charge in [-0.25, -0.2) is 4.68 Å². The number of hydrogen-bond acceptors (Lipinski definition) is 6. The fourth-order valence-electron chi connectivity index (χ4n) is 4.16. The molecule has 1 N–H and O–H groups in total. The minimum Gasteiger partial charge on any atom is -0.480 e. The van der Waals surface area contributed by atoms with Crippen molar-refractivity contribution in [3.63, 3.8) is 0 Å². The smallest absolute Gasteiger partial charge is 0.434 e. The van der Waals surface area contributed by atoms with Crippen LogP contribution in [0.3, 0.4) is 0 Å². The SMILES string of the molecule is COc1ccc(-n2ncc(C(=O)NCc3cccc(CN4CCCCCC4)c3)c2C(F)(F)F)nn1. The van der Waals surface area contributed by atoms with Crippen LogP contribution in [0.5, 0.6) is 5.88 Å². The minimum absolute atomic E-state index is 0.0947. The number of ether oxygens (including phenoxy) is 1. The van der Waals surface area contributed by atoms with E-state index in [1.165, 1.54) is 44.9 Å². The van der Waals surface area contributed by atoms with E-state index in [9.17, 15) is 18.0 Å². The Hall–Kier alpha value is -3.47. The first-order chi connectivity index (χ1) is 16.8. The number of carbonyl (C=O) groups excluding carboxylic acids is 1. The van der Waals surface area contributed by atoms with Gasteiger partial charge in [0.2, 0.25) is 5.88 Å². The molecule has 3 heterocycles. The lowest BCUT2D eigenvalue weighted by atomic mass is 10.1. The molecule has 2 aromatic heterocycles. The number of likely N-dealkylation sites (tertiary alicyclic amines) is 1. The molecule has 11 heteroatoms. The molecule has 0 aliphatic carbocycles. The van der Waals surface area contributed by atoms with Crippen LogP contribution in [0.4, 0.5) is 13.2 Å². The highest BCUT2D eigenvalue weighted by Gasteiger charge is 2.41. The van der Waals surface area contributed by atoms with Gasteiger partial charge in [0.05, 0.1) is 18.9 Å². The third-order valence-corrected chi connectivity index (χ3v) is 5.88. The van der Waals surface area contributed by atoms with Crippen LogP contribution < -0.4 is 10.1 Å². The zero-order chi connectivity index (χ0) is 24.8. The van der Waals surface area contributed by atoms with E-state index < -0.39 is 23.3 Å². The minimum atomic E-state index is -4.84. The maximum absolute atomic E-state index is 13.9. The first-order valence-corrected chi connectivity index (χ1v) is 11.5. The molecule has 1 aliphatic heterocycles. The highest BCUT2D eigenvalue weighted by molar-refractivity contribution is 5.95. The van der Waals surface area contributed by atoms with Gasteiger partial charge in [-0.05, 0) is 43.1 Å². The van der Waals surface area contributed by atoms with Gasteiger partial charge in [0.15, 0.2) is 11.5 Å². The Morgan fingerprint density at radius 2 is 1.80 bits per heavy atom. The van der Waals surface area contributed by atoms with E-state index >= 15 is 0 Å². The number of rotatable bonds is 7. The van der Waals surface area contributed by atoms with Gasteiger partial charge in [-0.3, -0.25) is 9.69 Å². The average Bonchev–Trinajstić information content (AvgIpc) is 3.16. The number of nitrogens with one attached hydrogen (secondary N) is 1. The summed E-state index contributed by atoms with van der Waals surface area (Å²) in [6, 6.07) is 10.4. The number of hydrogen-bond donors (Lipinski definition) is 1. The number of aromatic nitrogens is 4. The van der Waals surface area contributed by atoms with E-state index in [-0.39, 0.29) is 18.2 Å². The van der Waals surface area contributed by atoms with Crippen molar-refractivity contribution in [2.24, 2.45) is 0 Å². The summed E-state index contributed by atoms with van der Waals surface area (Å²) in [5.74, 6) is -0.910. The molecule has 0 atom stereocenters. The van der Waals surface area contributed by atoms with Gasteiger partial charge in [0, 0.05) is 19.2 Å². The maximum atomic E-state index is 13.9. The average molecular weight is 489 g/mol. The Morgan fingerprint density at radius 1 is 1.06 bits per heavy atom. The van der Waals surface area contributed by atoms with E-state index in [1.54, 1.807) is 0 Å². The lowest BCUT2D eigenvalue weighted by Crippen LogP contribution is -2.27. The van der Waals surface area contributed by atoms with Crippen LogP contribution in [0.25, 0.3) is 5.82 Å². The van der Waals surface area contributed by atoms with Crippen LogP contribution in [0, 0.1) is 0 Å². The molecule has 0 radical (unpaired) electrons. The molecule has 0 spiro atoms. The molecule has 1 aliphatic rings. The van der Waals surface area contributed by atoms with Crippen molar-refractivity contribution in [2.45, 2.75) is 44.9 Å². The molecule has 0 unspecified atom stereocenters. The van der Waals surface area contributed by atoms with Crippen LogP contribution >= 0.6 is 0 Å². The molecule has 1 fully saturated rings. The second-order valence-electron chi connectivity index (χ2n) is 8.44. The Labute approximate surface area is 201 Å². The molecule has 1 aromatic carbocycles. The molecule has 0 saturated carbocycles. The quantitative estimate of drug-likeness (QED) is 0.541. The molecular formula is C24H27F3N6O2. The first-order valence-electron chi connectivity index (χ1n) is 11.5. The number of methoxy groups -OCH3 is 1. The summed E-state index contributed by atoms with van der Waals surface area (Å²) in [5.41, 5.74) is 0.119. The van der Waals surface area contributed by atoms with Crippen molar-refractivity contribution in [3.05, 3.63) is 65.0 Å². The number of alkyl halides is 3. The van der Waals surface area contributed by atoms with E-state index in [0.29, 0.717) is 4.68 Å². The van der Waals surface area contributed by atoms with Gasteiger partial charge in [-0.1, -0.05) is 37.1 Å². The summed E-state index contributed by atoms with van der Waals surface area (Å²) in [7, 11) is 1.37. The highest BCUT2D eigenvalue weighted by Crippen LogP contribution is 2.33. The van der Waals surface area contributed by atoms with Gasteiger partial charge in [-0.2, -0.15) is 18.3 Å². The van der Waals surface area contributed by atoms with Crippen LogP contribution in [0.15, 0.2) is 42.6 Å². The predicted octanol–water partition coefficient (Wildman–Crippen LogP) is 4.00. The molecule has 1 amide bonds. The van der Waals surface area contributed by atoms with Crippen molar-refractivity contribution in [1.29, 1.82) is 0 Å². The third-order valence-electron chi connectivity index (χ3n) is 5.88. The number of nitrogens with zero attached hydrogens (tertiary/aromatic N) is 5. The van der Waals surface area contributed by atoms with E-state index in [1.807, 2.05) is 24.3 Å². The van der Waals surface area contributed by atoms with Crippen molar-refractivity contribution >= 4 is 5.91 Å². The van der Waals surface area contributed by atoms with Crippen molar-refractivity contribution in [1.82, 2.24) is 30.2 Å². The predicted molar refractivity (Wildman–Crippen MR) is 122 cm³/mol. The second-order valence-corrected chi connectivity index (χ2v) is 8.44. The van der Waals surface area contributed by atoms with E-state index in [4.69, 9.17) is 4.74 Å². The summed E-state index contributed by atoms with van der Waals surface area (Å²) in [6.45, 7) is 3.03. The van der Waals surface area contributed by atoms with Crippen LogP contribution in [-0.2, 0) is 19.3 Å². The standard InChI is InChI=1S/C24H27F3N6O2/c1-35-21-10-9-20(30-31-21)33-22(24(25,26)27)19(15-29-33)23(34)28-14-17-7-6-8-18(13-17)16-32-11-4-2-3-5-12-32/h6-10,13,15H,2-5,11-12,14,16H2,1H3,(H,28,34). The summed E-state index contributed by atoms with van der Waals surface area (Å²) in [6.07, 6.45) is 0.937. The van der Waals surface area contributed by atoms with Crippen molar-refractivity contribution < 1.29 is 22.7 Å². The van der Waals surface area contributed by atoms with Crippen LogP contribution in [0.1, 0.15) is 52.9 Å². The van der Waals surface area contributed by atoms with Gasteiger partial charge in [-0.15, -0.1) is 10.2 Å². The number of carbonyl (C=O) groups is 1. The third kappa shape index (κ3) is 6.16. The summed E-state index contributed by atoms with van der Waals surface area (Å²) in [4.78, 5) is 15.2. The van der Waals surface area contributed by atoms with Gasteiger partial charge >= 0.3 is 6.18 Å². The number of amides is 1. The topological polar surface area (TPSA) is 85.2 Å². The molecule has 0 bridgehead atoms.